The van der Waals surface area contributed by atoms with Gasteiger partial charge in [-0.3, -0.25) is 24.2 Å². The lowest BCUT2D eigenvalue weighted by molar-refractivity contribution is -0.142. The van der Waals surface area contributed by atoms with E-state index in [0.717, 1.165) is 6.08 Å². The first-order valence-corrected chi connectivity index (χ1v) is 12.5. The summed E-state index contributed by atoms with van der Waals surface area (Å²) in [5.41, 5.74) is 0. The van der Waals surface area contributed by atoms with Crippen LogP contribution in [0.4, 0.5) is 0 Å². The summed E-state index contributed by atoms with van der Waals surface area (Å²) < 4.78 is 35.4. The number of methoxy groups -OCH3 is 1. The van der Waals surface area contributed by atoms with Gasteiger partial charge in [0.15, 0.2) is 0 Å². The number of ether oxygens (including phenoxy) is 2. The highest BCUT2D eigenvalue weighted by Gasteiger charge is 2.46. The van der Waals surface area contributed by atoms with Crippen LogP contribution >= 0.6 is 7.75 Å². The van der Waals surface area contributed by atoms with Crippen LogP contribution in [0.1, 0.15) is 27.7 Å². The molecule has 7 atom stereocenters. The molecule has 4 N–H and O–H groups in total. The van der Waals surface area contributed by atoms with E-state index >= 15 is 0 Å². The van der Waals surface area contributed by atoms with E-state index in [-0.39, 0.29) is 5.75 Å². The number of aliphatic hydroxyl groups excluding tert-OH is 1. The minimum absolute atomic E-state index is 0.238. The van der Waals surface area contributed by atoms with Crippen molar-refractivity contribution in [2.45, 2.75) is 58.3 Å². The largest absolute Gasteiger partial charge is 0.468 e. The fourth-order valence-electron chi connectivity index (χ4n) is 3.31. The van der Waals surface area contributed by atoms with Crippen LogP contribution in [0.2, 0.25) is 0 Å². The lowest BCUT2D eigenvalue weighted by Gasteiger charge is -2.28. The summed E-state index contributed by atoms with van der Waals surface area (Å²) in [5, 5.41) is 18.2. The molecule has 0 saturated carbocycles. The number of benzene rings is 1. The number of carbonyl (C=O) groups is 3. The highest BCUT2D eigenvalue weighted by Crippen LogP contribution is 2.47. The highest BCUT2D eigenvalue weighted by atomic mass is 31.2. The summed E-state index contributed by atoms with van der Waals surface area (Å²) in [7, 11) is -2.95. The Morgan fingerprint density at radius 3 is 2.46 bits per heavy atom. The van der Waals surface area contributed by atoms with E-state index in [2.05, 4.69) is 20.5 Å². The quantitative estimate of drug-likeness (QED) is 0.191. The summed E-state index contributed by atoms with van der Waals surface area (Å²) in [4.78, 5) is 34.4. The van der Waals surface area contributed by atoms with Crippen molar-refractivity contribution in [3.8, 4) is 5.75 Å². The number of hydrogen-bond acceptors (Lipinski definition) is 10. The average Bonchev–Trinajstić information content (AvgIpc) is 3.07. The van der Waals surface area contributed by atoms with Crippen LogP contribution in [0.25, 0.3) is 0 Å². The van der Waals surface area contributed by atoms with Crippen molar-refractivity contribution in [2.75, 3.05) is 7.11 Å². The third-order valence-corrected chi connectivity index (χ3v) is 6.86. The van der Waals surface area contributed by atoms with Crippen molar-refractivity contribution < 1.29 is 42.6 Å². The van der Waals surface area contributed by atoms with Gasteiger partial charge in [-0.1, -0.05) is 25.1 Å². The number of imide groups is 1. The maximum Gasteiger partial charge on any atom is 0.459 e. The van der Waals surface area contributed by atoms with Crippen molar-refractivity contribution in [2.24, 2.45) is 5.92 Å². The van der Waals surface area contributed by atoms with E-state index in [1.54, 1.807) is 44.2 Å². The lowest BCUT2D eigenvalue weighted by atomic mass is 9.99. The van der Waals surface area contributed by atoms with Gasteiger partial charge < -0.3 is 24.4 Å². The maximum absolute atomic E-state index is 13.6. The Hall–Kier alpha value is -2.76. The number of amides is 2. The first-order valence-electron chi connectivity index (χ1n) is 10.9. The van der Waals surface area contributed by atoms with Crippen molar-refractivity contribution >= 4 is 25.5 Å². The molecular formula is C22H32N3O9P. The number of para-hydroxylation sites is 1. The predicted molar refractivity (Wildman–Crippen MR) is 125 cm³/mol. The van der Waals surface area contributed by atoms with Gasteiger partial charge >= 0.3 is 13.7 Å². The number of nitrogens with one attached hydrogen (secondary N) is 3. The van der Waals surface area contributed by atoms with E-state index in [1.165, 1.54) is 27.2 Å². The molecule has 0 radical (unpaired) electrons. The SMILES string of the molecule is COC(=O)C(C)NP(=O)(Oc1ccccc1)OC(C)[C@H]1O[C@@H](N/C=C\C(=O)NC(C)=O)[C@H](C)[C@@H]1O. The number of aliphatic hydroxyl groups is 1. The molecule has 3 unspecified atom stereocenters. The van der Waals surface area contributed by atoms with E-state index in [0.29, 0.717) is 0 Å². The molecule has 35 heavy (non-hydrogen) atoms. The van der Waals surface area contributed by atoms with Gasteiger partial charge in [-0.2, -0.15) is 5.09 Å². The third kappa shape index (κ3) is 8.44. The molecule has 1 aromatic rings. The summed E-state index contributed by atoms with van der Waals surface area (Å²) in [5.74, 6) is -1.99. The monoisotopic (exact) mass is 513 g/mol. The standard InChI is InChI=1S/C22H32N3O9P/c1-13-19(28)20(32-21(13)23-12-11-18(27)24-16(4)26)15(3)33-35(30,25-14(2)22(29)31-5)34-17-9-7-6-8-10-17/h6-15,19-21,23,28H,1-5H3,(H,25,30)(H,24,26,27)/b12-11-/t13-,14?,15?,19+,20-,21-,35?/m1/s1. The average molecular weight is 513 g/mol. The first kappa shape index (κ1) is 28.5. The summed E-state index contributed by atoms with van der Waals surface area (Å²) in [6.07, 6.45) is -1.20. The Morgan fingerprint density at radius 2 is 1.86 bits per heavy atom. The van der Waals surface area contributed by atoms with Crippen LogP contribution in [0, 0.1) is 5.92 Å². The number of hydrogen-bond donors (Lipinski definition) is 4. The Morgan fingerprint density at radius 1 is 1.20 bits per heavy atom. The smallest absolute Gasteiger partial charge is 0.459 e. The molecule has 0 aromatic heterocycles. The van der Waals surface area contributed by atoms with Gasteiger partial charge in [-0.05, 0) is 26.0 Å². The highest BCUT2D eigenvalue weighted by molar-refractivity contribution is 7.52. The van der Waals surface area contributed by atoms with Gasteiger partial charge in [0.05, 0.1) is 19.3 Å². The minimum atomic E-state index is -4.15. The predicted octanol–water partition coefficient (Wildman–Crippen LogP) is 1.22. The fourth-order valence-corrected chi connectivity index (χ4v) is 5.00. The Balaban J connectivity index is 2.11. The van der Waals surface area contributed by atoms with Crippen LogP contribution in [-0.4, -0.2) is 60.6 Å². The van der Waals surface area contributed by atoms with Crippen molar-refractivity contribution in [1.82, 2.24) is 15.7 Å². The summed E-state index contributed by atoms with van der Waals surface area (Å²) >= 11 is 0. The van der Waals surface area contributed by atoms with Gasteiger partial charge in [0, 0.05) is 25.1 Å². The molecule has 1 aliphatic heterocycles. The molecule has 1 fully saturated rings. The van der Waals surface area contributed by atoms with E-state index < -0.39 is 62.0 Å². The molecule has 1 saturated heterocycles. The Kier molecular flexibility index (Phi) is 10.4. The molecular weight excluding hydrogens is 481 g/mol. The zero-order valence-electron chi connectivity index (χ0n) is 20.2. The summed E-state index contributed by atoms with van der Waals surface area (Å²) in [6.45, 7) is 5.92. The molecule has 1 aromatic carbocycles. The molecule has 13 heteroatoms. The first-order chi connectivity index (χ1) is 16.5. The molecule has 2 amide bonds. The number of esters is 1. The fraction of sp³-hybridized carbons (Fsp3) is 0.500. The molecule has 12 nitrogen and oxygen atoms in total. The maximum atomic E-state index is 13.6. The van der Waals surface area contributed by atoms with Gasteiger partial charge in [-0.25, -0.2) is 4.57 Å². The second-order valence-electron chi connectivity index (χ2n) is 8.00. The molecule has 1 aliphatic rings. The van der Waals surface area contributed by atoms with Crippen LogP contribution in [0.3, 0.4) is 0 Å². The zero-order valence-corrected chi connectivity index (χ0v) is 21.1. The number of carbonyl (C=O) groups excluding carboxylic acids is 3. The number of rotatable bonds is 11. The molecule has 0 bridgehead atoms. The third-order valence-electron chi connectivity index (χ3n) is 5.09. The Labute approximate surface area is 203 Å². The topological polar surface area (TPSA) is 162 Å². The van der Waals surface area contributed by atoms with Crippen molar-refractivity contribution in [3.63, 3.8) is 0 Å². The van der Waals surface area contributed by atoms with Gasteiger partial charge in [0.25, 0.3) is 5.91 Å². The van der Waals surface area contributed by atoms with Crippen LogP contribution in [0.15, 0.2) is 42.6 Å². The Bertz CT molecular complexity index is 959. The van der Waals surface area contributed by atoms with Crippen LogP contribution in [-0.2, 0) is 32.9 Å². The normalized spacial score (nSPS) is 25.3. The molecule has 0 aliphatic carbocycles. The summed E-state index contributed by atoms with van der Waals surface area (Å²) in [6, 6.07) is 7.24. The van der Waals surface area contributed by atoms with Crippen LogP contribution < -0.4 is 20.2 Å². The van der Waals surface area contributed by atoms with Crippen LogP contribution in [0.5, 0.6) is 5.75 Å². The van der Waals surface area contributed by atoms with E-state index in [9.17, 15) is 24.1 Å². The van der Waals surface area contributed by atoms with E-state index in [4.69, 9.17) is 13.8 Å². The second-order valence-corrected chi connectivity index (χ2v) is 9.65. The van der Waals surface area contributed by atoms with E-state index in [1.807, 2.05) is 0 Å². The lowest BCUT2D eigenvalue weighted by Crippen LogP contribution is -2.39. The van der Waals surface area contributed by atoms with Crippen molar-refractivity contribution in [3.05, 3.63) is 42.6 Å². The van der Waals surface area contributed by atoms with Gasteiger partial charge in [-0.15, -0.1) is 0 Å². The molecule has 2 rings (SSSR count). The second kappa shape index (κ2) is 12.8. The van der Waals surface area contributed by atoms with Crippen molar-refractivity contribution in [1.29, 1.82) is 0 Å². The van der Waals surface area contributed by atoms with Gasteiger partial charge in [0.1, 0.15) is 24.1 Å². The zero-order chi connectivity index (χ0) is 26.2. The molecule has 1 heterocycles. The molecule has 194 valence electrons. The molecule has 0 spiro atoms. The van der Waals surface area contributed by atoms with Gasteiger partial charge in [0.2, 0.25) is 5.91 Å². The minimum Gasteiger partial charge on any atom is -0.468 e.